The molecule has 1 aliphatic rings. The Morgan fingerprint density at radius 1 is 1.17 bits per heavy atom. The van der Waals surface area contributed by atoms with Gasteiger partial charge in [0.2, 0.25) is 0 Å². The van der Waals surface area contributed by atoms with Gasteiger partial charge in [0.1, 0.15) is 0 Å². The van der Waals surface area contributed by atoms with Crippen molar-refractivity contribution in [2.45, 2.75) is 57.1 Å². The van der Waals surface area contributed by atoms with Crippen molar-refractivity contribution in [2.75, 3.05) is 0 Å². The van der Waals surface area contributed by atoms with Crippen LogP contribution in [-0.2, 0) is 4.79 Å². The summed E-state index contributed by atoms with van der Waals surface area (Å²) in [6.07, 6.45) is 9.35. The summed E-state index contributed by atoms with van der Waals surface area (Å²) in [5.74, 6) is 0.296. The van der Waals surface area contributed by atoms with E-state index in [9.17, 15) is 4.79 Å². The average molecular weight is 329 g/mol. The number of hydrogen-bond donors (Lipinski definition) is 0. The zero-order chi connectivity index (χ0) is 16.9. The molecule has 0 bridgehead atoms. The van der Waals surface area contributed by atoms with Crippen molar-refractivity contribution in [3.05, 3.63) is 54.1 Å². The molecule has 1 aromatic rings. The predicted octanol–water partition coefficient (Wildman–Crippen LogP) is 6.07. The molecule has 0 fully saturated rings. The number of benzene rings is 1. The average Bonchev–Trinajstić information content (AvgIpc) is 2.55. The molecule has 0 heterocycles. The summed E-state index contributed by atoms with van der Waals surface area (Å²) in [5.41, 5.74) is 1.48. The molecular weight excluding hydrogens is 300 g/mol. The van der Waals surface area contributed by atoms with Crippen molar-refractivity contribution in [3.63, 3.8) is 0 Å². The first-order chi connectivity index (χ1) is 10.9. The molecule has 0 saturated heterocycles. The molecule has 0 aliphatic heterocycles. The standard InChI is InChI=1S/C21H28OS/c1-16-10-11-20(23-18-8-6-5-7-9-18)17(2)19(22)13-15-21(3,4)14-12-16/h5-9,12-13,15,17,20H,10-11,14H2,1-4H3/b15-13+,16-12+/t17-,20+/m1/s1. The van der Waals surface area contributed by atoms with E-state index in [0.29, 0.717) is 5.25 Å². The Morgan fingerprint density at radius 2 is 1.87 bits per heavy atom. The summed E-state index contributed by atoms with van der Waals surface area (Å²) < 4.78 is 0. The Morgan fingerprint density at radius 3 is 2.57 bits per heavy atom. The second kappa shape index (κ2) is 8.01. The first-order valence-electron chi connectivity index (χ1n) is 8.48. The highest BCUT2D eigenvalue weighted by molar-refractivity contribution is 8.00. The lowest BCUT2D eigenvalue weighted by Gasteiger charge is -2.22. The molecule has 2 heteroatoms. The summed E-state index contributed by atoms with van der Waals surface area (Å²) >= 11 is 1.84. The molecule has 23 heavy (non-hydrogen) atoms. The number of thioether (sulfide) groups is 1. The van der Waals surface area contributed by atoms with Crippen molar-refractivity contribution < 1.29 is 4.79 Å². The van der Waals surface area contributed by atoms with Gasteiger partial charge in [-0.2, -0.15) is 0 Å². The minimum atomic E-state index is 0.0400. The first-order valence-corrected chi connectivity index (χ1v) is 9.36. The van der Waals surface area contributed by atoms with Gasteiger partial charge < -0.3 is 0 Å². The van der Waals surface area contributed by atoms with Gasteiger partial charge in [-0.05, 0) is 49.8 Å². The fourth-order valence-corrected chi connectivity index (χ4v) is 3.94. The van der Waals surface area contributed by atoms with Crippen molar-refractivity contribution in [3.8, 4) is 0 Å². The molecule has 124 valence electrons. The minimum Gasteiger partial charge on any atom is -0.295 e. The van der Waals surface area contributed by atoms with Crippen LogP contribution >= 0.6 is 11.8 Å². The summed E-state index contributed by atoms with van der Waals surface area (Å²) in [5, 5.41) is 0.319. The highest BCUT2D eigenvalue weighted by Gasteiger charge is 2.25. The molecule has 0 radical (unpaired) electrons. The van der Waals surface area contributed by atoms with Gasteiger partial charge in [-0.25, -0.2) is 0 Å². The van der Waals surface area contributed by atoms with Crippen LogP contribution in [0.5, 0.6) is 0 Å². The molecule has 0 unspecified atom stereocenters. The molecule has 1 aromatic carbocycles. The van der Waals surface area contributed by atoms with Crippen LogP contribution in [0, 0.1) is 11.3 Å². The van der Waals surface area contributed by atoms with E-state index in [1.165, 1.54) is 10.5 Å². The zero-order valence-electron chi connectivity index (χ0n) is 14.7. The number of allylic oxidation sites excluding steroid dienone is 4. The maximum atomic E-state index is 12.6. The van der Waals surface area contributed by atoms with Crippen LogP contribution in [0.25, 0.3) is 0 Å². The predicted molar refractivity (Wildman–Crippen MR) is 101 cm³/mol. The molecule has 1 nitrogen and oxygen atoms in total. The zero-order valence-corrected chi connectivity index (χ0v) is 15.5. The van der Waals surface area contributed by atoms with E-state index >= 15 is 0 Å². The molecule has 0 aromatic heterocycles. The topological polar surface area (TPSA) is 17.1 Å². The van der Waals surface area contributed by atoms with Gasteiger partial charge in [0, 0.05) is 16.1 Å². The fraction of sp³-hybridized carbons (Fsp3) is 0.476. The fourth-order valence-electron chi connectivity index (χ4n) is 2.70. The lowest BCUT2D eigenvalue weighted by atomic mass is 9.87. The van der Waals surface area contributed by atoms with Crippen molar-refractivity contribution in [1.82, 2.24) is 0 Å². The smallest absolute Gasteiger partial charge is 0.159 e. The van der Waals surface area contributed by atoms with Crippen LogP contribution in [0.4, 0.5) is 0 Å². The van der Waals surface area contributed by atoms with E-state index in [1.807, 2.05) is 23.9 Å². The van der Waals surface area contributed by atoms with Gasteiger partial charge in [0.25, 0.3) is 0 Å². The molecular formula is C21H28OS. The van der Waals surface area contributed by atoms with Crippen molar-refractivity contribution >= 4 is 17.5 Å². The quantitative estimate of drug-likeness (QED) is 0.613. The Balaban J connectivity index is 2.22. The largest absolute Gasteiger partial charge is 0.295 e. The molecule has 0 spiro atoms. The van der Waals surface area contributed by atoms with Crippen LogP contribution in [0.2, 0.25) is 0 Å². The molecule has 0 N–H and O–H groups in total. The van der Waals surface area contributed by atoms with Crippen LogP contribution in [0.3, 0.4) is 0 Å². The van der Waals surface area contributed by atoms with Crippen LogP contribution < -0.4 is 0 Å². The Labute approximate surface area is 145 Å². The van der Waals surface area contributed by atoms with Gasteiger partial charge in [-0.1, -0.05) is 56.7 Å². The second-order valence-corrected chi connectivity index (χ2v) is 8.59. The third kappa shape index (κ3) is 5.69. The van der Waals surface area contributed by atoms with E-state index in [2.05, 4.69) is 64.1 Å². The second-order valence-electron chi connectivity index (χ2n) is 7.28. The van der Waals surface area contributed by atoms with Crippen LogP contribution in [0.1, 0.15) is 47.0 Å². The Bertz CT molecular complexity index is 583. The third-order valence-corrected chi connectivity index (χ3v) is 6.03. The summed E-state index contributed by atoms with van der Waals surface area (Å²) in [7, 11) is 0. The lowest BCUT2D eigenvalue weighted by Crippen LogP contribution is -2.22. The number of hydrogen-bond acceptors (Lipinski definition) is 2. The van der Waals surface area contributed by atoms with Crippen LogP contribution in [0.15, 0.2) is 59.0 Å². The van der Waals surface area contributed by atoms with Gasteiger partial charge in [-0.3, -0.25) is 4.79 Å². The molecule has 1 aliphatic carbocycles. The van der Waals surface area contributed by atoms with Gasteiger partial charge in [0.15, 0.2) is 5.78 Å². The highest BCUT2D eigenvalue weighted by atomic mass is 32.2. The lowest BCUT2D eigenvalue weighted by molar-refractivity contribution is -0.117. The number of rotatable bonds is 2. The van der Waals surface area contributed by atoms with Gasteiger partial charge in [-0.15, -0.1) is 11.8 Å². The van der Waals surface area contributed by atoms with Gasteiger partial charge >= 0.3 is 0 Å². The first kappa shape index (κ1) is 18.1. The van der Waals surface area contributed by atoms with E-state index < -0.39 is 0 Å². The maximum Gasteiger partial charge on any atom is 0.159 e. The van der Waals surface area contributed by atoms with E-state index in [-0.39, 0.29) is 17.1 Å². The molecule has 2 atom stereocenters. The third-order valence-electron chi connectivity index (χ3n) is 4.54. The molecule has 0 amide bonds. The number of carbonyl (C=O) groups excluding carboxylic acids is 1. The summed E-state index contributed by atoms with van der Waals surface area (Å²) in [6, 6.07) is 10.4. The van der Waals surface area contributed by atoms with E-state index in [0.717, 1.165) is 19.3 Å². The van der Waals surface area contributed by atoms with Gasteiger partial charge in [0.05, 0.1) is 0 Å². The molecule has 2 rings (SSSR count). The van der Waals surface area contributed by atoms with Crippen molar-refractivity contribution in [2.24, 2.45) is 11.3 Å². The SMILES string of the molecule is C/C1=C\CC(C)(C)/C=C/C(=O)[C@@H](C)[C@@H](Sc2ccccc2)CC1. The van der Waals surface area contributed by atoms with E-state index in [4.69, 9.17) is 0 Å². The van der Waals surface area contributed by atoms with Crippen LogP contribution in [-0.4, -0.2) is 11.0 Å². The number of carbonyl (C=O) groups is 1. The Kier molecular flexibility index (Phi) is 6.29. The minimum absolute atomic E-state index is 0.0400. The summed E-state index contributed by atoms with van der Waals surface area (Å²) in [6.45, 7) is 8.68. The maximum absolute atomic E-state index is 12.6. The Hall–Kier alpha value is -1.28. The van der Waals surface area contributed by atoms with E-state index in [1.54, 1.807) is 0 Å². The monoisotopic (exact) mass is 328 g/mol. The highest BCUT2D eigenvalue weighted by Crippen LogP contribution is 2.34. The molecule has 0 saturated carbocycles. The number of ketones is 1. The summed E-state index contributed by atoms with van der Waals surface area (Å²) in [4.78, 5) is 13.8. The normalized spacial score (nSPS) is 29.2. The van der Waals surface area contributed by atoms with Crippen molar-refractivity contribution in [1.29, 1.82) is 0 Å².